The third-order valence-corrected chi connectivity index (χ3v) is 7.04. The van der Waals surface area contributed by atoms with E-state index in [2.05, 4.69) is 10.6 Å². The zero-order valence-electron chi connectivity index (χ0n) is 21.2. The Morgan fingerprint density at radius 2 is 1.36 bits per heavy atom. The predicted octanol–water partition coefficient (Wildman–Crippen LogP) is 3.21. The van der Waals surface area contributed by atoms with Crippen molar-refractivity contribution >= 4 is 35.5 Å². The first-order chi connectivity index (χ1) is 18.7. The van der Waals surface area contributed by atoms with Gasteiger partial charge in [-0.1, -0.05) is 84.9 Å². The first-order valence-corrected chi connectivity index (χ1v) is 13.5. The lowest BCUT2D eigenvalue weighted by atomic mass is 10.0. The van der Waals surface area contributed by atoms with Crippen LogP contribution in [0.25, 0.3) is 11.1 Å². The molecule has 0 aliphatic rings. The minimum absolute atomic E-state index is 0.0990. The van der Waals surface area contributed by atoms with Crippen LogP contribution in [0.4, 0.5) is 0 Å². The van der Waals surface area contributed by atoms with E-state index < -0.39 is 41.9 Å². The molecule has 3 atom stereocenters. The van der Waals surface area contributed by atoms with Gasteiger partial charge in [0, 0.05) is 17.9 Å². The summed E-state index contributed by atoms with van der Waals surface area (Å²) in [4.78, 5) is 48.5. The van der Waals surface area contributed by atoms with Gasteiger partial charge in [-0.3, -0.25) is 14.4 Å². The van der Waals surface area contributed by atoms with Gasteiger partial charge in [-0.05, 0) is 28.7 Å². The van der Waals surface area contributed by atoms with Crippen molar-refractivity contribution in [2.24, 2.45) is 5.73 Å². The molecule has 10 heteroatoms. The van der Waals surface area contributed by atoms with Crippen LogP contribution < -0.4 is 16.4 Å². The van der Waals surface area contributed by atoms with Crippen molar-refractivity contribution in [2.45, 2.75) is 36.7 Å². The van der Waals surface area contributed by atoms with Gasteiger partial charge in [-0.15, -0.1) is 0 Å². The molecule has 39 heavy (non-hydrogen) atoms. The van der Waals surface area contributed by atoms with Gasteiger partial charge < -0.3 is 26.6 Å². The highest BCUT2D eigenvalue weighted by molar-refractivity contribution is 7.98. The van der Waals surface area contributed by atoms with Crippen molar-refractivity contribution < 1.29 is 29.4 Å². The average Bonchev–Trinajstić information content (AvgIpc) is 2.95. The molecule has 0 heterocycles. The molecule has 6 N–H and O–H groups in total. The monoisotopic (exact) mass is 549 g/mol. The zero-order chi connectivity index (χ0) is 28.2. The Kier molecular flexibility index (Phi) is 11.1. The van der Waals surface area contributed by atoms with Gasteiger partial charge in [0.25, 0.3) is 0 Å². The number of hydrogen-bond acceptors (Lipinski definition) is 6. The molecule has 0 saturated carbocycles. The van der Waals surface area contributed by atoms with Crippen LogP contribution in [0.15, 0.2) is 84.9 Å². The van der Waals surface area contributed by atoms with E-state index in [0.717, 1.165) is 16.7 Å². The van der Waals surface area contributed by atoms with Crippen LogP contribution >= 0.6 is 11.8 Å². The van der Waals surface area contributed by atoms with Crippen molar-refractivity contribution in [3.8, 4) is 11.1 Å². The second kappa shape index (κ2) is 14.7. The molecule has 3 rings (SSSR count). The van der Waals surface area contributed by atoms with E-state index in [-0.39, 0.29) is 18.6 Å². The number of nitrogens with one attached hydrogen (secondary N) is 2. The maximum atomic E-state index is 13.1. The summed E-state index contributed by atoms with van der Waals surface area (Å²) in [6.07, 6.45) is -0.290. The Labute approximate surface area is 230 Å². The average molecular weight is 550 g/mol. The fourth-order valence-electron chi connectivity index (χ4n) is 3.75. The SMILES string of the molecule is N[C@@H](CCC(=O)N[C@@H](CSCc1ccc(-c2ccccc2)cc1)C(=O)N[C@@H](C(=O)O)c1ccccc1)C(=O)O. The summed E-state index contributed by atoms with van der Waals surface area (Å²) in [6, 6.07) is 22.7. The quantitative estimate of drug-likeness (QED) is 0.205. The van der Waals surface area contributed by atoms with Gasteiger partial charge >= 0.3 is 11.9 Å². The second-order valence-electron chi connectivity index (χ2n) is 8.87. The molecular weight excluding hydrogens is 518 g/mol. The molecule has 2 amide bonds. The minimum atomic E-state index is -1.30. The summed E-state index contributed by atoms with van der Waals surface area (Å²) in [6.45, 7) is 0. The summed E-state index contributed by atoms with van der Waals surface area (Å²) in [7, 11) is 0. The Balaban J connectivity index is 1.66. The Morgan fingerprint density at radius 1 is 0.769 bits per heavy atom. The first kappa shape index (κ1) is 29.4. The number of rotatable bonds is 14. The van der Waals surface area contributed by atoms with E-state index >= 15 is 0 Å². The molecule has 3 aromatic carbocycles. The summed E-state index contributed by atoms with van der Waals surface area (Å²) in [5, 5.41) is 23.8. The summed E-state index contributed by atoms with van der Waals surface area (Å²) >= 11 is 1.41. The molecule has 0 aliphatic heterocycles. The van der Waals surface area contributed by atoms with Gasteiger partial charge in [0.1, 0.15) is 12.1 Å². The number of carbonyl (C=O) groups is 4. The first-order valence-electron chi connectivity index (χ1n) is 12.3. The molecule has 0 saturated heterocycles. The third-order valence-electron chi connectivity index (χ3n) is 5.93. The molecule has 0 aliphatic carbocycles. The Morgan fingerprint density at radius 3 is 1.95 bits per heavy atom. The van der Waals surface area contributed by atoms with Crippen molar-refractivity contribution in [3.63, 3.8) is 0 Å². The minimum Gasteiger partial charge on any atom is -0.480 e. The molecule has 0 fully saturated rings. The van der Waals surface area contributed by atoms with Crippen LogP contribution in [-0.4, -0.2) is 51.8 Å². The molecular formula is C29H31N3O6S. The molecule has 0 bridgehead atoms. The highest BCUT2D eigenvalue weighted by atomic mass is 32.2. The van der Waals surface area contributed by atoms with Gasteiger partial charge in [-0.25, -0.2) is 4.79 Å². The van der Waals surface area contributed by atoms with E-state index in [4.69, 9.17) is 10.8 Å². The smallest absolute Gasteiger partial charge is 0.330 e. The van der Waals surface area contributed by atoms with Gasteiger partial charge in [-0.2, -0.15) is 11.8 Å². The van der Waals surface area contributed by atoms with E-state index in [1.54, 1.807) is 30.3 Å². The number of nitrogens with two attached hydrogens (primary N) is 1. The van der Waals surface area contributed by atoms with Crippen molar-refractivity contribution in [2.75, 3.05) is 5.75 Å². The number of hydrogen-bond donors (Lipinski definition) is 5. The maximum Gasteiger partial charge on any atom is 0.330 e. The molecule has 3 aromatic rings. The summed E-state index contributed by atoms with van der Waals surface area (Å²) in [5.74, 6) is -2.94. The lowest BCUT2D eigenvalue weighted by Crippen LogP contribution is -2.50. The highest BCUT2D eigenvalue weighted by Gasteiger charge is 2.28. The lowest BCUT2D eigenvalue weighted by molar-refractivity contribution is -0.142. The van der Waals surface area contributed by atoms with Crippen LogP contribution in [0.3, 0.4) is 0 Å². The van der Waals surface area contributed by atoms with Crippen molar-refractivity contribution in [1.82, 2.24) is 10.6 Å². The van der Waals surface area contributed by atoms with Crippen molar-refractivity contribution in [1.29, 1.82) is 0 Å². The maximum absolute atomic E-state index is 13.1. The van der Waals surface area contributed by atoms with Crippen molar-refractivity contribution in [3.05, 3.63) is 96.1 Å². The van der Waals surface area contributed by atoms with Crippen LogP contribution in [0, 0.1) is 0 Å². The fraction of sp³-hybridized carbons (Fsp3) is 0.241. The number of carbonyl (C=O) groups excluding carboxylic acids is 2. The molecule has 0 radical (unpaired) electrons. The molecule has 204 valence electrons. The number of thioether (sulfide) groups is 1. The molecule has 0 unspecified atom stereocenters. The number of amides is 2. The summed E-state index contributed by atoms with van der Waals surface area (Å²) in [5.41, 5.74) is 9.07. The fourth-order valence-corrected chi connectivity index (χ4v) is 4.77. The zero-order valence-corrected chi connectivity index (χ0v) is 22.0. The molecule has 9 nitrogen and oxygen atoms in total. The third kappa shape index (κ3) is 9.27. The normalized spacial score (nSPS) is 13.1. The Bertz CT molecular complexity index is 1260. The van der Waals surface area contributed by atoms with E-state index in [1.807, 2.05) is 54.6 Å². The van der Waals surface area contributed by atoms with E-state index in [9.17, 15) is 24.3 Å². The standard InChI is InChI=1S/C29H31N3O6S/c30-23(28(35)36)15-16-25(33)31-24(27(34)32-26(29(37)38)22-9-5-2-6-10-22)18-39-17-19-11-13-21(14-12-19)20-7-3-1-4-8-20/h1-14,23-24,26H,15-18,30H2,(H,31,33)(H,32,34)(H,35,36)(H,37,38)/t23-,24-,26+/m0/s1. The van der Waals surface area contributed by atoms with E-state index in [1.165, 1.54) is 11.8 Å². The molecule has 0 spiro atoms. The number of carboxylic acid groups (broad SMARTS) is 2. The van der Waals surface area contributed by atoms with Crippen LogP contribution in [0.2, 0.25) is 0 Å². The van der Waals surface area contributed by atoms with Gasteiger partial charge in [0.2, 0.25) is 11.8 Å². The van der Waals surface area contributed by atoms with Gasteiger partial charge in [0.15, 0.2) is 6.04 Å². The predicted molar refractivity (Wildman–Crippen MR) is 150 cm³/mol. The van der Waals surface area contributed by atoms with Gasteiger partial charge in [0.05, 0.1) is 0 Å². The van der Waals surface area contributed by atoms with Crippen LogP contribution in [-0.2, 0) is 24.9 Å². The summed E-state index contributed by atoms with van der Waals surface area (Å²) < 4.78 is 0. The number of aliphatic carboxylic acids is 2. The largest absolute Gasteiger partial charge is 0.480 e. The van der Waals surface area contributed by atoms with Crippen LogP contribution in [0.5, 0.6) is 0 Å². The lowest BCUT2D eigenvalue weighted by Gasteiger charge is -2.22. The number of carboxylic acids is 2. The topological polar surface area (TPSA) is 159 Å². The number of benzene rings is 3. The highest BCUT2D eigenvalue weighted by Crippen LogP contribution is 2.22. The van der Waals surface area contributed by atoms with E-state index in [0.29, 0.717) is 11.3 Å². The molecule has 0 aromatic heterocycles. The Hall–Kier alpha value is -4.15. The van der Waals surface area contributed by atoms with Crippen LogP contribution in [0.1, 0.15) is 30.0 Å². The second-order valence-corrected chi connectivity index (χ2v) is 9.90.